The summed E-state index contributed by atoms with van der Waals surface area (Å²) >= 11 is 0. The molecule has 2 heterocycles. The topological polar surface area (TPSA) is 32.7 Å². The molecule has 0 bridgehead atoms. The molecule has 3 aliphatic rings. The predicted octanol–water partition coefficient (Wildman–Crippen LogP) is 3.35. The molecule has 4 atom stereocenters. The number of hydrogen-bond donors (Lipinski definition) is 1. The first-order chi connectivity index (χ1) is 10.3. The number of ether oxygens (including phenoxy) is 1. The molecule has 1 N–H and O–H groups in total. The molecule has 3 fully saturated rings. The van der Waals surface area contributed by atoms with Crippen molar-refractivity contribution >= 4 is 0 Å². The van der Waals surface area contributed by atoms with E-state index in [1.165, 1.54) is 77.3 Å². The van der Waals surface area contributed by atoms with Gasteiger partial charge in [0.2, 0.25) is 0 Å². The van der Waals surface area contributed by atoms with E-state index in [9.17, 15) is 5.11 Å². The lowest BCUT2D eigenvalue weighted by Gasteiger charge is -2.44. The second-order valence-electron chi connectivity index (χ2n) is 7.39. The molecule has 21 heavy (non-hydrogen) atoms. The van der Waals surface area contributed by atoms with Gasteiger partial charge in [-0.05, 0) is 64.5 Å². The molecule has 3 nitrogen and oxygen atoms in total. The van der Waals surface area contributed by atoms with Gasteiger partial charge in [0, 0.05) is 18.6 Å². The Hall–Kier alpha value is -0.120. The molecule has 122 valence electrons. The lowest BCUT2D eigenvalue weighted by atomic mass is 9.78. The Morgan fingerprint density at radius 1 is 0.952 bits per heavy atom. The first-order valence-corrected chi connectivity index (χ1v) is 9.38. The number of aliphatic hydroxyl groups excluding tert-OH is 1. The van der Waals surface area contributed by atoms with Crippen LogP contribution < -0.4 is 0 Å². The second-order valence-corrected chi connectivity index (χ2v) is 7.39. The minimum atomic E-state index is -0.0393. The smallest absolute Gasteiger partial charge is 0.0583 e. The first-order valence-electron chi connectivity index (χ1n) is 9.38. The molecule has 0 radical (unpaired) electrons. The number of nitrogens with zero attached hydrogens (tertiary/aromatic N) is 1. The molecule has 0 amide bonds. The molecule has 4 unspecified atom stereocenters. The molecule has 0 spiro atoms. The highest BCUT2D eigenvalue weighted by molar-refractivity contribution is 4.89. The van der Waals surface area contributed by atoms with E-state index < -0.39 is 0 Å². The highest BCUT2D eigenvalue weighted by Crippen LogP contribution is 2.34. The molecule has 1 saturated carbocycles. The number of piperidine rings is 1. The summed E-state index contributed by atoms with van der Waals surface area (Å²) in [6.45, 7) is 3.44. The van der Waals surface area contributed by atoms with E-state index in [-0.39, 0.29) is 6.10 Å². The van der Waals surface area contributed by atoms with Gasteiger partial charge in [-0.25, -0.2) is 0 Å². The molecule has 2 saturated heterocycles. The third kappa shape index (κ3) is 4.20. The van der Waals surface area contributed by atoms with Crippen LogP contribution in [0.5, 0.6) is 0 Å². The van der Waals surface area contributed by atoms with Crippen LogP contribution in [0, 0.1) is 5.92 Å². The van der Waals surface area contributed by atoms with E-state index in [0.717, 1.165) is 13.0 Å². The summed E-state index contributed by atoms with van der Waals surface area (Å²) in [4.78, 5) is 2.71. The molecule has 1 aliphatic carbocycles. The molecule has 0 aromatic heterocycles. The quantitative estimate of drug-likeness (QED) is 0.844. The molecule has 3 heteroatoms. The number of aliphatic hydroxyl groups is 1. The number of rotatable bonds is 5. The van der Waals surface area contributed by atoms with Crippen molar-refractivity contribution < 1.29 is 9.84 Å². The summed E-state index contributed by atoms with van der Waals surface area (Å²) in [5.74, 6) is 0.543. The monoisotopic (exact) mass is 295 g/mol. The Kier molecular flexibility index (Phi) is 5.96. The maximum absolute atomic E-state index is 10.4. The summed E-state index contributed by atoms with van der Waals surface area (Å²) in [6, 6.07) is 0.651. The summed E-state index contributed by atoms with van der Waals surface area (Å²) in [7, 11) is 0. The van der Waals surface area contributed by atoms with Crippen molar-refractivity contribution in [1.29, 1.82) is 0 Å². The van der Waals surface area contributed by atoms with Crippen molar-refractivity contribution in [1.82, 2.24) is 4.90 Å². The van der Waals surface area contributed by atoms with Crippen LogP contribution in [0.1, 0.15) is 70.6 Å². The fourth-order valence-corrected chi connectivity index (χ4v) is 4.76. The van der Waals surface area contributed by atoms with Crippen molar-refractivity contribution in [2.24, 2.45) is 5.92 Å². The van der Waals surface area contributed by atoms with Gasteiger partial charge in [-0.3, -0.25) is 0 Å². The third-order valence-electron chi connectivity index (χ3n) is 5.94. The summed E-state index contributed by atoms with van der Waals surface area (Å²) < 4.78 is 5.74. The van der Waals surface area contributed by atoms with E-state index in [2.05, 4.69) is 4.90 Å². The highest BCUT2D eigenvalue weighted by atomic mass is 16.5. The van der Waals surface area contributed by atoms with Gasteiger partial charge in [0.15, 0.2) is 0 Å². The molecule has 2 aliphatic heterocycles. The maximum atomic E-state index is 10.4. The molecule has 0 aromatic carbocycles. The zero-order valence-corrected chi connectivity index (χ0v) is 13.5. The van der Waals surface area contributed by atoms with Crippen LogP contribution in [0.3, 0.4) is 0 Å². The van der Waals surface area contributed by atoms with Crippen molar-refractivity contribution in [2.75, 3.05) is 19.7 Å². The largest absolute Gasteiger partial charge is 0.393 e. The summed E-state index contributed by atoms with van der Waals surface area (Å²) in [5, 5.41) is 10.4. The summed E-state index contributed by atoms with van der Waals surface area (Å²) in [5.41, 5.74) is 0. The molecule has 3 rings (SSSR count). The van der Waals surface area contributed by atoms with E-state index in [0.29, 0.717) is 18.1 Å². The maximum Gasteiger partial charge on any atom is 0.0583 e. The lowest BCUT2D eigenvalue weighted by molar-refractivity contribution is -0.00736. The average molecular weight is 295 g/mol. The van der Waals surface area contributed by atoms with Crippen molar-refractivity contribution in [3.8, 4) is 0 Å². The van der Waals surface area contributed by atoms with Gasteiger partial charge in [-0.1, -0.05) is 19.3 Å². The van der Waals surface area contributed by atoms with Crippen LogP contribution in [0.15, 0.2) is 0 Å². The standard InChI is InChI=1S/C18H33NO2/c20-18-11-2-1-9-16(18)17-10-3-4-12-19(17)13-5-7-15-8-6-14-21-15/h15-18,20H,1-14H2. The Balaban J connectivity index is 1.48. The van der Waals surface area contributed by atoms with E-state index in [1.807, 2.05) is 0 Å². The number of likely N-dealkylation sites (tertiary alicyclic amines) is 1. The number of hydrogen-bond acceptors (Lipinski definition) is 3. The molecule has 0 aromatic rings. The van der Waals surface area contributed by atoms with Gasteiger partial charge in [0.05, 0.1) is 12.2 Å². The zero-order valence-electron chi connectivity index (χ0n) is 13.5. The van der Waals surface area contributed by atoms with Crippen LogP contribution in [-0.4, -0.2) is 48.0 Å². The fraction of sp³-hybridized carbons (Fsp3) is 1.00. The Morgan fingerprint density at radius 2 is 1.81 bits per heavy atom. The Labute approximate surface area is 130 Å². The van der Waals surface area contributed by atoms with Crippen molar-refractivity contribution in [3.05, 3.63) is 0 Å². The molecular formula is C18H33NO2. The minimum Gasteiger partial charge on any atom is -0.393 e. The van der Waals surface area contributed by atoms with E-state index >= 15 is 0 Å². The molecular weight excluding hydrogens is 262 g/mol. The second kappa shape index (κ2) is 7.94. The SMILES string of the molecule is OC1CCCCC1C1CCCCN1CCCC1CCCO1. The minimum absolute atomic E-state index is 0.0393. The van der Waals surface area contributed by atoms with Crippen LogP contribution in [0.2, 0.25) is 0 Å². The van der Waals surface area contributed by atoms with Crippen LogP contribution in [0.4, 0.5) is 0 Å². The first kappa shape index (κ1) is 15.8. The average Bonchev–Trinajstić information content (AvgIpc) is 3.02. The zero-order chi connectivity index (χ0) is 14.5. The van der Waals surface area contributed by atoms with Gasteiger partial charge < -0.3 is 14.7 Å². The third-order valence-corrected chi connectivity index (χ3v) is 5.94. The van der Waals surface area contributed by atoms with E-state index in [1.54, 1.807) is 0 Å². The van der Waals surface area contributed by atoms with Gasteiger partial charge in [-0.2, -0.15) is 0 Å². The summed E-state index contributed by atoms with van der Waals surface area (Å²) in [6.07, 6.45) is 14.4. The van der Waals surface area contributed by atoms with Gasteiger partial charge >= 0.3 is 0 Å². The van der Waals surface area contributed by atoms with Crippen LogP contribution in [0.25, 0.3) is 0 Å². The van der Waals surface area contributed by atoms with E-state index in [4.69, 9.17) is 4.74 Å². The van der Waals surface area contributed by atoms with Crippen molar-refractivity contribution in [2.45, 2.75) is 88.9 Å². The normalized spacial score (nSPS) is 38.7. The fourth-order valence-electron chi connectivity index (χ4n) is 4.76. The van der Waals surface area contributed by atoms with Crippen LogP contribution in [-0.2, 0) is 4.74 Å². The van der Waals surface area contributed by atoms with Gasteiger partial charge in [0.1, 0.15) is 0 Å². The lowest BCUT2D eigenvalue weighted by Crippen LogP contribution is -2.49. The van der Waals surface area contributed by atoms with Crippen LogP contribution >= 0.6 is 0 Å². The predicted molar refractivity (Wildman–Crippen MR) is 85.4 cm³/mol. The van der Waals surface area contributed by atoms with Gasteiger partial charge in [0.25, 0.3) is 0 Å². The van der Waals surface area contributed by atoms with Crippen molar-refractivity contribution in [3.63, 3.8) is 0 Å². The van der Waals surface area contributed by atoms with Gasteiger partial charge in [-0.15, -0.1) is 0 Å². The highest BCUT2D eigenvalue weighted by Gasteiger charge is 2.35. The Morgan fingerprint density at radius 3 is 2.62 bits per heavy atom. The Bertz CT molecular complexity index is 304.